The first-order valence-electron chi connectivity index (χ1n) is 9.76. The van der Waals surface area contributed by atoms with Crippen LogP contribution in [-0.2, 0) is 0 Å². The van der Waals surface area contributed by atoms with Crippen LogP contribution in [0.2, 0.25) is 0 Å². The van der Waals surface area contributed by atoms with Gasteiger partial charge in [0.05, 0.1) is 4.92 Å². The summed E-state index contributed by atoms with van der Waals surface area (Å²) in [4.78, 5) is 27.9. The van der Waals surface area contributed by atoms with E-state index in [1.807, 2.05) is 0 Å². The molecule has 2 heterocycles. The third kappa shape index (κ3) is 3.84. The summed E-state index contributed by atoms with van der Waals surface area (Å²) in [5, 5.41) is 11.4. The van der Waals surface area contributed by atoms with E-state index < -0.39 is 4.92 Å². The molecule has 0 N–H and O–H groups in total. The van der Waals surface area contributed by atoms with Crippen LogP contribution in [0.15, 0.2) is 18.2 Å². The highest BCUT2D eigenvalue weighted by molar-refractivity contribution is 5.99. The van der Waals surface area contributed by atoms with Gasteiger partial charge in [0.15, 0.2) is 0 Å². The molecule has 1 unspecified atom stereocenters. The zero-order valence-electron chi connectivity index (χ0n) is 15.9. The first-order chi connectivity index (χ1) is 12.4. The highest BCUT2D eigenvalue weighted by atomic mass is 16.6. The molecule has 2 aliphatic rings. The third-order valence-corrected chi connectivity index (χ3v) is 5.80. The van der Waals surface area contributed by atoms with Gasteiger partial charge in [0.25, 0.3) is 11.6 Å². The Morgan fingerprint density at radius 1 is 1.23 bits per heavy atom. The van der Waals surface area contributed by atoms with Crippen molar-refractivity contribution in [2.45, 2.75) is 52.4 Å². The molecule has 0 saturated carbocycles. The van der Waals surface area contributed by atoms with Gasteiger partial charge in [0.1, 0.15) is 5.56 Å². The van der Waals surface area contributed by atoms with Gasteiger partial charge in [-0.1, -0.05) is 20.3 Å². The monoisotopic (exact) mass is 359 g/mol. The van der Waals surface area contributed by atoms with E-state index in [4.69, 9.17) is 0 Å². The fourth-order valence-electron chi connectivity index (χ4n) is 4.49. The van der Waals surface area contributed by atoms with Crippen LogP contribution in [0.3, 0.4) is 0 Å². The Bertz CT molecular complexity index is 681. The molecule has 1 amide bonds. The molecule has 0 radical (unpaired) electrons. The molecular formula is C20H29N3O3. The van der Waals surface area contributed by atoms with E-state index in [1.54, 1.807) is 17.0 Å². The van der Waals surface area contributed by atoms with Gasteiger partial charge in [-0.05, 0) is 49.7 Å². The standard InChI is InChI=1S/C20H29N3O3/c1-3-9-20(2)10-6-13-22(15-20)16-7-8-18(23(25)26)17(14-16)19(24)21-11-4-5-12-21/h7-8,14H,3-6,9-13,15H2,1-2H3. The lowest BCUT2D eigenvalue weighted by molar-refractivity contribution is -0.385. The van der Waals surface area contributed by atoms with Crippen LogP contribution < -0.4 is 4.90 Å². The van der Waals surface area contributed by atoms with Gasteiger partial charge in [0.2, 0.25) is 0 Å². The summed E-state index contributed by atoms with van der Waals surface area (Å²) in [6, 6.07) is 5.05. The number of likely N-dealkylation sites (tertiary alicyclic amines) is 1. The number of nitro benzene ring substituents is 1. The summed E-state index contributed by atoms with van der Waals surface area (Å²) in [7, 11) is 0. The summed E-state index contributed by atoms with van der Waals surface area (Å²) >= 11 is 0. The molecule has 0 bridgehead atoms. The number of amides is 1. The summed E-state index contributed by atoms with van der Waals surface area (Å²) in [6.45, 7) is 7.80. The van der Waals surface area contributed by atoms with Crippen molar-refractivity contribution < 1.29 is 9.72 Å². The molecule has 6 heteroatoms. The number of carbonyl (C=O) groups excluding carboxylic acids is 1. The lowest BCUT2D eigenvalue weighted by Gasteiger charge is -2.42. The lowest BCUT2D eigenvalue weighted by Crippen LogP contribution is -2.41. The number of piperidine rings is 1. The Hall–Kier alpha value is -2.11. The Morgan fingerprint density at radius 2 is 1.96 bits per heavy atom. The van der Waals surface area contributed by atoms with Gasteiger partial charge in [-0.15, -0.1) is 0 Å². The number of carbonyl (C=O) groups is 1. The summed E-state index contributed by atoms with van der Waals surface area (Å²) in [5.41, 5.74) is 1.35. The fraction of sp³-hybridized carbons (Fsp3) is 0.650. The number of hydrogen-bond acceptors (Lipinski definition) is 4. The maximum Gasteiger partial charge on any atom is 0.282 e. The minimum absolute atomic E-state index is 0.0843. The van der Waals surface area contributed by atoms with Crippen molar-refractivity contribution >= 4 is 17.3 Å². The largest absolute Gasteiger partial charge is 0.371 e. The molecule has 0 aromatic heterocycles. The minimum atomic E-state index is -0.440. The van der Waals surface area contributed by atoms with Gasteiger partial charge in [-0.25, -0.2) is 0 Å². The van der Waals surface area contributed by atoms with Gasteiger partial charge in [0, 0.05) is 37.9 Å². The van der Waals surface area contributed by atoms with Crippen molar-refractivity contribution in [2.75, 3.05) is 31.1 Å². The number of nitro groups is 1. The predicted molar refractivity (Wildman–Crippen MR) is 103 cm³/mol. The molecule has 142 valence electrons. The molecule has 1 aromatic carbocycles. The number of nitrogens with zero attached hydrogens (tertiary/aromatic N) is 3. The molecule has 0 spiro atoms. The second-order valence-corrected chi connectivity index (χ2v) is 8.04. The Balaban J connectivity index is 1.90. The zero-order valence-corrected chi connectivity index (χ0v) is 15.9. The van der Waals surface area contributed by atoms with Crippen LogP contribution in [0.4, 0.5) is 11.4 Å². The zero-order chi connectivity index (χ0) is 18.7. The second-order valence-electron chi connectivity index (χ2n) is 8.04. The number of hydrogen-bond donors (Lipinski definition) is 0. The van der Waals surface area contributed by atoms with Crippen molar-refractivity contribution in [1.29, 1.82) is 0 Å². The molecular weight excluding hydrogens is 330 g/mol. The first kappa shape index (κ1) is 18.7. The smallest absolute Gasteiger partial charge is 0.282 e. The van der Waals surface area contributed by atoms with E-state index in [0.29, 0.717) is 13.1 Å². The number of anilines is 1. The van der Waals surface area contributed by atoms with Gasteiger partial charge in [-0.2, -0.15) is 0 Å². The quantitative estimate of drug-likeness (QED) is 0.583. The summed E-state index contributed by atoms with van der Waals surface area (Å²) in [6.07, 6.45) is 6.60. The highest BCUT2D eigenvalue weighted by Crippen LogP contribution is 2.37. The van der Waals surface area contributed by atoms with Gasteiger partial charge < -0.3 is 9.80 Å². The van der Waals surface area contributed by atoms with E-state index in [2.05, 4.69) is 18.7 Å². The average molecular weight is 359 g/mol. The third-order valence-electron chi connectivity index (χ3n) is 5.80. The van der Waals surface area contributed by atoms with Crippen molar-refractivity contribution in [3.05, 3.63) is 33.9 Å². The topological polar surface area (TPSA) is 66.7 Å². The Kier molecular flexibility index (Phi) is 5.49. The molecule has 6 nitrogen and oxygen atoms in total. The maximum absolute atomic E-state index is 12.8. The van der Waals surface area contributed by atoms with E-state index >= 15 is 0 Å². The van der Waals surface area contributed by atoms with Crippen LogP contribution in [-0.4, -0.2) is 41.9 Å². The Labute approximate surface area is 155 Å². The molecule has 1 aromatic rings. The molecule has 2 aliphatic heterocycles. The van der Waals surface area contributed by atoms with Crippen molar-refractivity contribution in [2.24, 2.45) is 5.41 Å². The molecule has 0 aliphatic carbocycles. The van der Waals surface area contributed by atoms with E-state index in [-0.39, 0.29) is 22.6 Å². The van der Waals surface area contributed by atoms with Crippen LogP contribution in [0.1, 0.15) is 62.7 Å². The van der Waals surface area contributed by atoms with E-state index in [9.17, 15) is 14.9 Å². The fourth-order valence-corrected chi connectivity index (χ4v) is 4.49. The van der Waals surface area contributed by atoms with Crippen molar-refractivity contribution in [3.8, 4) is 0 Å². The minimum Gasteiger partial charge on any atom is -0.371 e. The average Bonchev–Trinajstić information content (AvgIpc) is 3.15. The van der Waals surface area contributed by atoms with E-state index in [1.165, 1.54) is 18.9 Å². The lowest BCUT2D eigenvalue weighted by atomic mass is 9.78. The summed E-state index contributed by atoms with van der Waals surface area (Å²) in [5.74, 6) is -0.204. The van der Waals surface area contributed by atoms with Crippen LogP contribution in [0, 0.1) is 15.5 Å². The first-order valence-corrected chi connectivity index (χ1v) is 9.76. The second kappa shape index (κ2) is 7.64. The predicted octanol–water partition coefficient (Wildman–Crippen LogP) is 4.24. The maximum atomic E-state index is 12.8. The molecule has 2 saturated heterocycles. The SMILES string of the molecule is CCCC1(C)CCCN(c2ccc([N+](=O)[O-])c(C(=O)N3CCCC3)c2)C1. The van der Waals surface area contributed by atoms with Gasteiger partial charge >= 0.3 is 0 Å². The Morgan fingerprint density at radius 3 is 2.62 bits per heavy atom. The molecule has 1 atom stereocenters. The molecule has 26 heavy (non-hydrogen) atoms. The van der Waals surface area contributed by atoms with Crippen molar-refractivity contribution in [3.63, 3.8) is 0 Å². The molecule has 2 fully saturated rings. The molecule has 3 rings (SSSR count). The number of benzene rings is 1. The number of rotatable bonds is 5. The van der Waals surface area contributed by atoms with Crippen LogP contribution in [0.5, 0.6) is 0 Å². The normalized spacial score (nSPS) is 23.3. The van der Waals surface area contributed by atoms with Gasteiger partial charge in [-0.3, -0.25) is 14.9 Å². The highest BCUT2D eigenvalue weighted by Gasteiger charge is 2.32. The van der Waals surface area contributed by atoms with Crippen LogP contribution in [0.25, 0.3) is 0 Å². The van der Waals surface area contributed by atoms with E-state index in [0.717, 1.165) is 44.5 Å². The van der Waals surface area contributed by atoms with Crippen LogP contribution >= 0.6 is 0 Å². The summed E-state index contributed by atoms with van der Waals surface area (Å²) < 4.78 is 0. The van der Waals surface area contributed by atoms with Crippen molar-refractivity contribution in [1.82, 2.24) is 4.90 Å².